The van der Waals surface area contributed by atoms with Crippen molar-refractivity contribution in [2.75, 3.05) is 19.5 Å². The normalized spacial score (nSPS) is 10.7. The number of aromatic nitrogens is 6. The van der Waals surface area contributed by atoms with Gasteiger partial charge in [0.1, 0.15) is 23.2 Å². The van der Waals surface area contributed by atoms with Gasteiger partial charge in [0.2, 0.25) is 0 Å². The van der Waals surface area contributed by atoms with Crippen LogP contribution < -0.4 is 10.1 Å². The highest BCUT2D eigenvalue weighted by Crippen LogP contribution is 2.37. The molecule has 20 heavy (non-hydrogen) atoms. The maximum atomic E-state index is 5.36. The molecule has 0 aliphatic carbocycles. The molecule has 0 fully saturated rings. The number of aromatic amines is 1. The van der Waals surface area contributed by atoms with Gasteiger partial charge in [-0.25, -0.2) is 24.9 Å². The fourth-order valence-corrected chi connectivity index (χ4v) is 2.61. The summed E-state index contributed by atoms with van der Waals surface area (Å²) >= 11 is 1.36. The summed E-state index contributed by atoms with van der Waals surface area (Å²) in [5.41, 5.74) is 1.38. The van der Waals surface area contributed by atoms with Crippen molar-refractivity contribution in [3.05, 3.63) is 19.0 Å². The van der Waals surface area contributed by atoms with Crippen molar-refractivity contribution in [1.82, 2.24) is 29.9 Å². The number of nitrogens with zero attached hydrogens (tertiary/aromatic N) is 5. The Morgan fingerprint density at radius 3 is 2.70 bits per heavy atom. The number of methoxy groups -OCH3 is 1. The Hall–Kier alpha value is -2.42. The average molecular weight is 289 g/mol. The Balaban J connectivity index is 2.05. The van der Waals surface area contributed by atoms with Crippen LogP contribution >= 0.6 is 11.8 Å². The first-order valence-corrected chi connectivity index (χ1v) is 6.53. The first-order chi connectivity index (χ1) is 9.83. The van der Waals surface area contributed by atoms with Gasteiger partial charge in [0.05, 0.1) is 13.4 Å². The summed E-state index contributed by atoms with van der Waals surface area (Å²) in [7, 11) is 3.35. The standard InChI is InChI=1S/C11H11N7OS/c1-12-9-7(19-2)11(18-5-16-9)20-10-6-8(14-3-13-6)15-4-17-10/h3-5H,1-2H3,(H,12,16,18)(H,13,14,15,17). The van der Waals surface area contributed by atoms with E-state index in [0.717, 1.165) is 10.5 Å². The molecule has 9 heteroatoms. The summed E-state index contributed by atoms with van der Waals surface area (Å²) in [4.78, 5) is 23.8. The maximum Gasteiger partial charge on any atom is 0.194 e. The number of nitrogens with one attached hydrogen (secondary N) is 2. The Bertz CT molecular complexity index is 744. The molecule has 3 aromatic heterocycles. The molecule has 0 aliphatic heterocycles. The van der Waals surface area contributed by atoms with Crippen molar-refractivity contribution < 1.29 is 4.74 Å². The summed E-state index contributed by atoms with van der Waals surface area (Å²) in [6.07, 6.45) is 4.53. The monoisotopic (exact) mass is 289 g/mol. The van der Waals surface area contributed by atoms with E-state index in [2.05, 4.69) is 35.2 Å². The molecule has 8 nitrogen and oxygen atoms in total. The number of anilines is 1. The van der Waals surface area contributed by atoms with Gasteiger partial charge in [-0.15, -0.1) is 0 Å². The molecule has 3 heterocycles. The van der Waals surface area contributed by atoms with Gasteiger partial charge in [-0.2, -0.15) is 0 Å². The van der Waals surface area contributed by atoms with E-state index >= 15 is 0 Å². The van der Waals surface area contributed by atoms with Crippen LogP contribution in [0.15, 0.2) is 29.0 Å². The number of rotatable bonds is 4. The molecule has 3 rings (SSSR count). The van der Waals surface area contributed by atoms with E-state index in [9.17, 15) is 0 Å². The highest BCUT2D eigenvalue weighted by molar-refractivity contribution is 7.99. The smallest absolute Gasteiger partial charge is 0.194 e. The van der Waals surface area contributed by atoms with Crippen molar-refractivity contribution in [1.29, 1.82) is 0 Å². The van der Waals surface area contributed by atoms with Crippen LogP contribution in [0.5, 0.6) is 5.75 Å². The molecular formula is C11H11N7OS. The third kappa shape index (κ3) is 2.11. The van der Waals surface area contributed by atoms with E-state index in [1.54, 1.807) is 20.5 Å². The lowest BCUT2D eigenvalue weighted by molar-refractivity contribution is 0.400. The van der Waals surface area contributed by atoms with Crippen LogP contribution in [0.4, 0.5) is 5.82 Å². The van der Waals surface area contributed by atoms with E-state index in [1.165, 1.54) is 24.4 Å². The summed E-state index contributed by atoms with van der Waals surface area (Å²) < 4.78 is 5.36. The fraction of sp³-hybridized carbons (Fsp3) is 0.182. The van der Waals surface area contributed by atoms with E-state index < -0.39 is 0 Å². The zero-order valence-electron chi connectivity index (χ0n) is 10.8. The molecule has 2 N–H and O–H groups in total. The van der Waals surface area contributed by atoms with Crippen molar-refractivity contribution in [3.63, 3.8) is 0 Å². The predicted octanol–water partition coefficient (Wildman–Crippen LogP) is 1.34. The van der Waals surface area contributed by atoms with Gasteiger partial charge in [-0.1, -0.05) is 0 Å². The first kappa shape index (κ1) is 12.6. The topological polar surface area (TPSA) is 102 Å². The number of fused-ring (bicyclic) bond motifs is 1. The minimum Gasteiger partial charge on any atom is -0.490 e. The minimum absolute atomic E-state index is 0.575. The number of hydrogen-bond acceptors (Lipinski definition) is 8. The fourth-order valence-electron chi connectivity index (χ4n) is 1.70. The van der Waals surface area contributed by atoms with Gasteiger partial charge >= 0.3 is 0 Å². The summed E-state index contributed by atoms with van der Waals surface area (Å²) in [6, 6.07) is 0. The molecule has 0 bridgehead atoms. The van der Waals surface area contributed by atoms with E-state index in [-0.39, 0.29) is 0 Å². The Kier molecular flexibility index (Phi) is 3.33. The zero-order chi connectivity index (χ0) is 13.9. The van der Waals surface area contributed by atoms with Crippen LogP contribution in [0.2, 0.25) is 0 Å². The van der Waals surface area contributed by atoms with Crippen LogP contribution in [0.1, 0.15) is 0 Å². The van der Waals surface area contributed by atoms with Crippen molar-refractivity contribution in [3.8, 4) is 5.75 Å². The Morgan fingerprint density at radius 2 is 1.90 bits per heavy atom. The zero-order valence-corrected chi connectivity index (χ0v) is 11.6. The first-order valence-electron chi connectivity index (χ1n) is 5.72. The highest BCUT2D eigenvalue weighted by atomic mass is 32.2. The SMILES string of the molecule is CNc1ncnc(Sc2ncnc3nc[nH]c23)c1OC. The van der Waals surface area contributed by atoms with Gasteiger partial charge in [-0.05, 0) is 11.8 Å². The second kappa shape index (κ2) is 5.29. The molecule has 0 unspecified atom stereocenters. The van der Waals surface area contributed by atoms with Crippen LogP contribution in [0.25, 0.3) is 11.2 Å². The molecule has 0 aliphatic rings. The third-order valence-electron chi connectivity index (χ3n) is 2.59. The molecule has 0 aromatic carbocycles. The third-order valence-corrected chi connectivity index (χ3v) is 3.58. The van der Waals surface area contributed by atoms with Gasteiger partial charge in [0, 0.05) is 7.05 Å². The molecule has 0 atom stereocenters. The molecule has 102 valence electrons. The minimum atomic E-state index is 0.575. The number of H-pyrrole nitrogens is 1. The van der Waals surface area contributed by atoms with Gasteiger partial charge < -0.3 is 15.0 Å². The van der Waals surface area contributed by atoms with E-state index in [0.29, 0.717) is 22.2 Å². The van der Waals surface area contributed by atoms with Crippen molar-refractivity contribution >= 4 is 28.7 Å². The van der Waals surface area contributed by atoms with Crippen molar-refractivity contribution in [2.24, 2.45) is 0 Å². The average Bonchev–Trinajstić information content (AvgIpc) is 2.96. The van der Waals surface area contributed by atoms with Gasteiger partial charge in [-0.3, -0.25) is 0 Å². The van der Waals surface area contributed by atoms with Crippen LogP contribution in [0.3, 0.4) is 0 Å². The molecule has 0 radical (unpaired) electrons. The van der Waals surface area contributed by atoms with E-state index in [1.807, 2.05) is 0 Å². The van der Waals surface area contributed by atoms with Gasteiger partial charge in [0.25, 0.3) is 0 Å². The predicted molar refractivity (Wildman–Crippen MR) is 73.9 cm³/mol. The summed E-state index contributed by atoms with van der Waals surface area (Å²) in [5.74, 6) is 1.20. The lowest BCUT2D eigenvalue weighted by Gasteiger charge is -2.10. The second-order valence-electron chi connectivity index (χ2n) is 3.69. The molecule has 0 amide bonds. The summed E-state index contributed by atoms with van der Waals surface area (Å²) in [6.45, 7) is 0. The molecule has 0 saturated heterocycles. The summed E-state index contributed by atoms with van der Waals surface area (Å²) in [5, 5.41) is 4.36. The molecular weight excluding hydrogens is 278 g/mol. The molecule has 0 spiro atoms. The lowest BCUT2D eigenvalue weighted by atomic mass is 10.5. The molecule has 3 aromatic rings. The molecule has 0 saturated carbocycles. The van der Waals surface area contributed by atoms with E-state index in [4.69, 9.17) is 4.74 Å². The maximum absolute atomic E-state index is 5.36. The highest BCUT2D eigenvalue weighted by Gasteiger charge is 2.15. The largest absolute Gasteiger partial charge is 0.490 e. The van der Waals surface area contributed by atoms with Crippen LogP contribution in [-0.4, -0.2) is 44.1 Å². The Morgan fingerprint density at radius 1 is 1.10 bits per heavy atom. The number of ether oxygens (including phenoxy) is 1. The van der Waals surface area contributed by atoms with Gasteiger partial charge in [0.15, 0.2) is 22.2 Å². The van der Waals surface area contributed by atoms with Crippen molar-refractivity contribution in [2.45, 2.75) is 10.1 Å². The lowest BCUT2D eigenvalue weighted by Crippen LogP contribution is -2.00. The number of imidazole rings is 1. The Labute approximate surface area is 118 Å². The number of hydrogen-bond donors (Lipinski definition) is 2. The second-order valence-corrected chi connectivity index (χ2v) is 4.67. The van der Waals surface area contributed by atoms with Crippen LogP contribution in [-0.2, 0) is 0 Å². The van der Waals surface area contributed by atoms with Crippen LogP contribution in [0, 0.1) is 0 Å². The quantitative estimate of drug-likeness (QED) is 0.694.